The fraction of sp³-hybridized carbons (Fsp3) is 0.545. The average Bonchev–Trinajstić information content (AvgIpc) is 2.63. The molecule has 1 amide bonds. The SMILES string of the molecule is COCC(C)N(C(=O)CS(=O)(=O)[O-])c1cscc1C.[Na+]. The van der Waals surface area contributed by atoms with E-state index in [0.29, 0.717) is 5.69 Å². The van der Waals surface area contributed by atoms with Crippen LogP contribution in [0.4, 0.5) is 5.69 Å². The van der Waals surface area contributed by atoms with Crippen LogP contribution in [-0.4, -0.2) is 44.4 Å². The van der Waals surface area contributed by atoms with Gasteiger partial charge >= 0.3 is 29.6 Å². The number of hydrogen-bond acceptors (Lipinski definition) is 6. The molecule has 9 heteroatoms. The zero-order chi connectivity index (χ0) is 14.6. The molecule has 0 radical (unpaired) electrons. The first-order chi connectivity index (χ1) is 8.76. The Morgan fingerprint density at radius 2 is 2.10 bits per heavy atom. The monoisotopic (exact) mass is 329 g/mol. The van der Waals surface area contributed by atoms with Crippen molar-refractivity contribution in [2.45, 2.75) is 19.9 Å². The largest absolute Gasteiger partial charge is 1.00 e. The van der Waals surface area contributed by atoms with Crippen molar-refractivity contribution in [2.75, 3.05) is 24.4 Å². The number of nitrogens with zero attached hydrogens (tertiary/aromatic N) is 1. The Morgan fingerprint density at radius 1 is 1.50 bits per heavy atom. The van der Waals surface area contributed by atoms with Crippen LogP contribution in [0.15, 0.2) is 10.8 Å². The van der Waals surface area contributed by atoms with Crippen molar-refractivity contribution in [3.63, 3.8) is 0 Å². The van der Waals surface area contributed by atoms with Crippen LogP contribution in [0.3, 0.4) is 0 Å². The van der Waals surface area contributed by atoms with Crippen LogP contribution in [0, 0.1) is 6.92 Å². The average molecular weight is 329 g/mol. The number of methoxy groups -OCH3 is 1. The molecule has 0 fully saturated rings. The second-order valence-electron chi connectivity index (χ2n) is 4.21. The molecule has 1 unspecified atom stereocenters. The van der Waals surface area contributed by atoms with Crippen LogP contribution in [0.25, 0.3) is 0 Å². The van der Waals surface area contributed by atoms with E-state index in [9.17, 15) is 17.8 Å². The molecule has 1 atom stereocenters. The molecule has 1 aromatic heterocycles. The number of ether oxygens (including phenoxy) is 1. The summed E-state index contributed by atoms with van der Waals surface area (Å²) in [5.41, 5.74) is 1.47. The Hall–Kier alpha value is 0.0400. The first-order valence-corrected chi connectivity index (χ1v) is 8.05. The van der Waals surface area contributed by atoms with Crippen molar-refractivity contribution in [3.8, 4) is 0 Å². The van der Waals surface area contributed by atoms with Crippen LogP contribution in [0.5, 0.6) is 0 Å². The van der Waals surface area contributed by atoms with Gasteiger partial charge in [-0.2, -0.15) is 0 Å². The van der Waals surface area contributed by atoms with E-state index < -0.39 is 21.8 Å². The molecular weight excluding hydrogens is 313 g/mol. The summed E-state index contributed by atoms with van der Waals surface area (Å²) >= 11 is 1.40. The molecule has 1 heterocycles. The first kappa shape index (κ1) is 20.0. The number of hydrogen-bond donors (Lipinski definition) is 0. The van der Waals surface area contributed by atoms with E-state index >= 15 is 0 Å². The fourth-order valence-corrected chi connectivity index (χ4v) is 3.02. The number of carbonyl (C=O) groups excluding carboxylic acids is 1. The smallest absolute Gasteiger partial charge is 0.748 e. The second-order valence-corrected chi connectivity index (χ2v) is 6.36. The maximum Gasteiger partial charge on any atom is 1.00 e. The molecule has 108 valence electrons. The van der Waals surface area contributed by atoms with Gasteiger partial charge in [-0.1, -0.05) is 0 Å². The van der Waals surface area contributed by atoms with Crippen molar-refractivity contribution < 1.29 is 52.1 Å². The van der Waals surface area contributed by atoms with Crippen molar-refractivity contribution in [2.24, 2.45) is 0 Å². The molecule has 20 heavy (non-hydrogen) atoms. The molecule has 1 aromatic rings. The van der Waals surface area contributed by atoms with Crippen LogP contribution in [0.1, 0.15) is 12.5 Å². The summed E-state index contributed by atoms with van der Waals surface area (Å²) < 4.78 is 37.2. The van der Waals surface area contributed by atoms with Gasteiger partial charge in [-0.25, -0.2) is 8.42 Å². The molecule has 6 nitrogen and oxygen atoms in total. The molecule has 0 aliphatic rings. The molecule has 0 aliphatic heterocycles. The standard InChI is InChI=1S/C11H17NO5S2.Na/c1-8-5-18-6-10(8)12(9(2)4-17-3)11(13)7-19(14,15)16;/h5-6,9H,4,7H2,1-3H3,(H,14,15,16);/q;+1/p-1. The minimum absolute atomic E-state index is 0. The normalized spacial score (nSPS) is 12.6. The Labute approximate surface area is 145 Å². The van der Waals surface area contributed by atoms with Gasteiger partial charge in [-0.3, -0.25) is 4.79 Å². The number of anilines is 1. The van der Waals surface area contributed by atoms with Gasteiger partial charge in [0.15, 0.2) is 0 Å². The summed E-state index contributed by atoms with van der Waals surface area (Å²) in [5.74, 6) is -1.78. The predicted molar refractivity (Wildman–Crippen MR) is 72.4 cm³/mol. The number of rotatable bonds is 6. The zero-order valence-corrected chi connectivity index (χ0v) is 15.6. The van der Waals surface area contributed by atoms with E-state index in [0.717, 1.165) is 5.56 Å². The van der Waals surface area contributed by atoms with E-state index in [1.54, 1.807) is 12.3 Å². The van der Waals surface area contributed by atoms with E-state index in [1.165, 1.54) is 23.3 Å². The number of thiophene rings is 1. The quantitative estimate of drug-likeness (QED) is 0.444. The number of amides is 1. The zero-order valence-electron chi connectivity index (χ0n) is 12.0. The summed E-state index contributed by atoms with van der Waals surface area (Å²) in [4.78, 5) is 13.3. The third-order valence-corrected chi connectivity index (χ3v) is 3.96. The van der Waals surface area contributed by atoms with Gasteiger partial charge in [0.1, 0.15) is 15.9 Å². The molecule has 1 rings (SSSR count). The van der Waals surface area contributed by atoms with Gasteiger partial charge in [-0.05, 0) is 24.8 Å². The van der Waals surface area contributed by atoms with Crippen molar-refractivity contribution >= 4 is 33.0 Å². The summed E-state index contributed by atoms with van der Waals surface area (Å²) in [6.07, 6.45) is 0. The Balaban J connectivity index is 0.00000361. The van der Waals surface area contributed by atoms with Crippen LogP contribution >= 0.6 is 11.3 Å². The van der Waals surface area contributed by atoms with Crippen molar-refractivity contribution in [3.05, 3.63) is 16.3 Å². The van der Waals surface area contributed by atoms with Crippen LogP contribution in [0.2, 0.25) is 0 Å². The topological polar surface area (TPSA) is 86.7 Å². The summed E-state index contributed by atoms with van der Waals surface area (Å²) in [5, 5.41) is 3.59. The Bertz CT molecular complexity index is 543. The van der Waals surface area contributed by atoms with Gasteiger partial charge in [0, 0.05) is 12.5 Å². The maximum atomic E-state index is 12.0. The molecular formula is C11H16NNaO5S2. The van der Waals surface area contributed by atoms with Gasteiger partial charge in [0.2, 0.25) is 5.91 Å². The van der Waals surface area contributed by atoms with E-state index in [1.807, 2.05) is 12.3 Å². The predicted octanol–water partition coefficient (Wildman–Crippen LogP) is -2.03. The first-order valence-electron chi connectivity index (χ1n) is 5.53. The Kier molecular flexibility index (Phi) is 8.49. The maximum absolute atomic E-state index is 12.0. The third-order valence-electron chi connectivity index (χ3n) is 2.51. The van der Waals surface area contributed by atoms with E-state index in [2.05, 4.69) is 0 Å². The molecule has 0 saturated carbocycles. The van der Waals surface area contributed by atoms with Crippen molar-refractivity contribution in [1.82, 2.24) is 0 Å². The van der Waals surface area contributed by atoms with Crippen molar-refractivity contribution in [1.29, 1.82) is 0 Å². The minimum atomic E-state index is -4.60. The summed E-state index contributed by atoms with van der Waals surface area (Å²) in [7, 11) is -3.11. The third kappa shape index (κ3) is 5.80. The van der Waals surface area contributed by atoms with E-state index in [-0.39, 0.29) is 42.2 Å². The molecule has 0 saturated heterocycles. The van der Waals surface area contributed by atoms with Gasteiger partial charge in [0.05, 0.1) is 18.3 Å². The van der Waals surface area contributed by atoms with Gasteiger partial charge < -0.3 is 14.2 Å². The van der Waals surface area contributed by atoms with Gasteiger partial charge in [-0.15, -0.1) is 11.3 Å². The number of carbonyl (C=O) groups is 1. The molecule has 0 aromatic carbocycles. The van der Waals surface area contributed by atoms with Gasteiger partial charge in [0.25, 0.3) is 0 Å². The molecule has 0 spiro atoms. The molecule has 0 N–H and O–H groups in total. The Morgan fingerprint density at radius 3 is 2.50 bits per heavy atom. The van der Waals surface area contributed by atoms with E-state index in [4.69, 9.17) is 4.74 Å². The summed E-state index contributed by atoms with van der Waals surface area (Å²) in [6.45, 7) is 3.80. The van der Waals surface area contributed by atoms with Crippen LogP contribution in [-0.2, 0) is 19.6 Å². The molecule has 0 bridgehead atoms. The number of aryl methyl sites for hydroxylation is 1. The molecule has 0 aliphatic carbocycles. The second kappa shape index (κ2) is 8.47. The summed E-state index contributed by atoms with van der Waals surface area (Å²) in [6, 6.07) is -0.354. The minimum Gasteiger partial charge on any atom is -0.748 e. The van der Waals surface area contributed by atoms with Crippen LogP contribution < -0.4 is 34.5 Å². The fourth-order valence-electron chi connectivity index (χ4n) is 1.75.